The third-order valence-electron chi connectivity index (χ3n) is 4.31. The van der Waals surface area contributed by atoms with Crippen LogP contribution in [-0.2, 0) is 6.42 Å². The van der Waals surface area contributed by atoms with Gasteiger partial charge in [0.1, 0.15) is 5.16 Å². The predicted molar refractivity (Wildman–Crippen MR) is 116 cm³/mol. The topological polar surface area (TPSA) is 72.9 Å². The van der Waals surface area contributed by atoms with E-state index in [1.54, 1.807) is 29.1 Å². The van der Waals surface area contributed by atoms with Crippen LogP contribution in [0.3, 0.4) is 0 Å². The molecule has 7 heteroatoms. The number of hydrogen-bond donors (Lipinski definition) is 2. The molecule has 1 unspecified atom stereocenters. The molecule has 3 rings (SSSR count). The van der Waals surface area contributed by atoms with Crippen molar-refractivity contribution < 1.29 is 0 Å². The van der Waals surface area contributed by atoms with Gasteiger partial charge >= 0.3 is 0 Å². The van der Waals surface area contributed by atoms with Gasteiger partial charge in [0.05, 0.1) is 12.0 Å². The smallest absolute Gasteiger partial charge is 0.254 e. The van der Waals surface area contributed by atoms with Crippen LogP contribution in [0.25, 0.3) is 11.3 Å². The maximum Gasteiger partial charge on any atom is 0.254 e. The number of benzene rings is 2. The Morgan fingerprint density at radius 2 is 2.00 bits per heavy atom. The zero-order valence-corrected chi connectivity index (χ0v) is 16.8. The summed E-state index contributed by atoms with van der Waals surface area (Å²) in [6.45, 7) is 2.00. The molecular weight excluding hydrogens is 395 g/mol. The van der Waals surface area contributed by atoms with E-state index in [-0.39, 0.29) is 16.8 Å². The van der Waals surface area contributed by atoms with Gasteiger partial charge in [0, 0.05) is 34.6 Å². The van der Waals surface area contributed by atoms with Crippen LogP contribution in [-0.4, -0.2) is 9.55 Å². The first kappa shape index (κ1) is 20.0. The normalized spacial score (nSPS) is 12.6. The van der Waals surface area contributed by atoms with Crippen LogP contribution in [0.1, 0.15) is 18.5 Å². The summed E-state index contributed by atoms with van der Waals surface area (Å²) in [4.78, 5) is 17.2. The molecule has 0 spiro atoms. The van der Waals surface area contributed by atoms with E-state index >= 15 is 0 Å². The average Bonchev–Trinajstić information content (AvgIpc) is 2.67. The van der Waals surface area contributed by atoms with E-state index in [1.807, 2.05) is 37.3 Å². The molecule has 0 bridgehead atoms. The molecule has 28 heavy (non-hydrogen) atoms. The summed E-state index contributed by atoms with van der Waals surface area (Å²) in [6, 6.07) is 16.8. The minimum atomic E-state index is -0.133. The molecule has 3 aromatic rings. The lowest BCUT2D eigenvalue weighted by molar-refractivity contribution is 0.519. The number of nitrogens with one attached hydrogen (secondary N) is 1. The Balaban J connectivity index is 1.91. The van der Waals surface area contributed by atoms with Gasteiger partial charge in [0.2, 0.25) is 0 Å². The van der Waals surface area contributed by atoms with Gasteiger partial charge < -0.3 is 11.1 Å². The van der Waals surface area contributed by atoms with Gasteiger partial charge in [-0.05, 0) is 37.1 Å². The highest BCUT2D eigenvalue weighted by Crippen LogP contribution is 2.29. The summed E-state index contributed by atoms with van der Waals surface area (Å²) in [5, 5.41) is 3.65. The van der Waals surface area contributed by atoms with Crippen LogP contribution in [0, 0.1) is 0 Å². The number of nitrogens with two attached hydrogens (primary N) is 1. The summed E-state index contributed by atoms with van der Waals surface area (Å²) < 4.78 is 1.63. The SMILES string of the molecule is CC(Cc1ccccc1)n1cnc(-c2cc(Cl)ccc2N/C=C(\N)Cl)cc1=O. The lowest BCUT2D eigenvalue weighted by atomic mass is 10.1. The Labute approximate surface area is 173 Å². The van der Waals surface area contributed by atoms with Crippen LogP contribution in [0.2, 0.25) is 5.02 Å². The number of nitrogens with zero attached hydrogens (tertiary/aromatic N) is 2. The summed E-state index contributed by atoms with van der Waals surface area (Å²) >= 11 is 11.8. The highest BCUT2D eigenvalue weighted by Gasteiger charge is 2.12. The van der Waals surface area contributed by atoms with Crippen molar-refractivity contribution in [3.63, 3.8) is 0 Å². The van der Waals surface area contributed by atoms with E-state index in [0.29, 0.717) is 22.0 Å². The zero-order valence-electron chi connectivity index (χ0n) is 15.3. The molecule has 1 heterocycles. The lowest BCUT2D eigenvalue weighted by Crippen LogP contribution is -2.24. The Bertz CT molecular complexity index is 1040. The van der Waals surface area contributed by atoms with Gasteiger partial charge in [-0.1, -0.05) is 53.5 Å². The summed E-state index contributed by atoms with van der Waals surface area (Å²) in [6.07, 6.45) is 3.77. The lowest BCUT2D eigenvalue weighted by Gasteiger charge is -2.16. The Morgan fingerprint density at radius 3 is 2.68 bits per heavy atom. The van der Waals surface area contributed by atoms with Gasteiger partial charge in [0.15, 0.2) is 0 Å². The first-order valence-corrected chi connectivity index (χ1v) is 9.49. The number of rotatable bonds is 6. The standard InChI is InChI=1S/C21H20Cl2N4O/c1-14(9-15-5-3-2-4-6-15)27-13-26-19(11-21(27)28)17-10-16(22)7-8-18(17)25-12-20(23)24/h2-8,10-14,25H,9,24H2,1H3/b20-12-. The first-order valence-electron chi connectivity index (χ1n) is 8.74. The van der Waals surface area contributed by atoms with Gasteiger partial charge in [-0.3, -0.25) is 9.36 Å². The van der Waals surface area contributed by atoms with Gasteiger partial charge in [-0.15, -0.1) is 0 Å². The van der Waals surface area contributed by atoms with Crippen molar-refractivity contribution in [2.75, 3.05) is 5.32 Å². The van der Waals surface area contributed by atoms with Crippen molar-refractivity contribution in [1.82, 2.24) is 9.55 Å². The van der Waals surface area contributed by atoms with Crippen LogP contribution in [0.15, 0.2) is 77.1 Å². The second kappa shape index (κ2) is 8.95. The van der Waals surface area contributed by atoms with Gasteiger partial charge in [-0.25, -0.2) is 4.98 Å². The summed E-state index contributed by atoms with van der Waals surface area (Å²) in [5.41, 5.74) is 8.39. The molecule has 144 valence electrons. The van der Waals surface area contributed by atoms with Crippen LogP contribution < -0.4 is 16.6 Å². The Kier molecular flexibility index (Phi) is 6.39. The molecule has 3 N–H and O–H groups in total. The van der Waals surface area contributed by atoms with Crippen molar-refractivity contribution in [1.29, 1.82) is 0 Å². The molecule has 0 aliphatic rings. The number of halogens is 2. The zero-order chi connectivity index (χ0) is 20.1. The molecule has 0 aliphatic heterocycles. The maximum atomic E-state index is 12.7. The third-order valence-corrected chi connectivity index (χ3v) is 4.65. The molecule has 0 amide bonds. The van der Waals surface area contributed by atoms with E-state index in [0.717, 1.165) is 12.0 Å². The third kappa shape index (κ3) is 4.94. The van der Waals surface area contributed by atoms with Crippen molar-refractivity contribution in [3.05, 3.63) is 93.2 Å². The highest BCUT2D eigenvalue weighted by atomic mass is 35.5. The summed E-state index contributed by atoms with van der Waals surface area (Å²) in [7, 11) is 0. The van der Waals surface area contributed by atoms with Crippen molar-refractivity contribution in [3.8, 4) is 11.3 Å². The van der Waals surface area contributed by atoms with Gasteiger partial charge in [-0.2, -0.15) is 0 Å². The molecule has 1 atom stereocenters. The fraction of sp³-hybridized carbons (Fsp3) is 0.143. The Morgan fingerprint density at radius 1 is 1.25 bits per heavy atom. The second-order valence-corrected chi connectivity index (χ2v) is 7.29. The van der Waals surface area contributed by atoms with Crippen LogP contribution >= 0.6 is 23.2 Å². The minimum absolute atomic E-state index is 0.0209. The van der Waals surface area contributed by atoms with E-state index in [4.69, 9.17) is 28.9 Å². The van der Waals surface area contributed by atoms with E-state index in [9.17, 15) is 4.79 Å². The fourth-order valence-corrected chi connectivity index (χ4v) is 3.17. The average molecular weight is 415 g/mol. The molecule has 5 nitrogen and oxygen atoms in total. The molecule has 0 radical (unpaired) electrons. The highest BCUT2D eigenvalue weighted by molar-refractivity contribution is 6.31. The van der Waals surface area contributed by atoms with E-state index < -0.39 is 0 Å². The van der Waals surface area contributed by atoms with E-state index in [1.165, 1.54) is 12.3 Å². The minimum Gasteiger partial charge on any atom is -0.388 e. The molecule has 0 aliphatic carbocycles. The molecule has 0 fully saturated rings. The molecule has 0 saturated heterocycles. The fourth-order valence-electron chi connectivity index (χ4n) is 2.94. The number of anilines is 1. The summed E-state index contributed by atoms with van der Waals surface area (Å²) in [5.74, 6) is 0. The van der Waals surface area contributed by atoms with Crippen molar-refractivity contribution in [2.45, 2.75) is 19.4 Å². The largest absolute Gasteiger partial charge is 0.388 e. The Hall–Kier alpha value is -2.76. The van der Waals surface area contributed by atoms with Crippen molar-refractivity contribution in [2.24, 2.45) is 5.73 Å². The molecular formula is C21H20Cl2N4O. The number of aromatic nitrogens is 2. The quantitative estimate of drug-likeness (QED) is 0.569. The van der Waals surface area contributed by atoms with Gasteiger partial charge in [0.25, 0.3) is 5.56 Å². The van der Waals surface area contributed by atoms with Crippen molar-refractivity contribution >= 4 is 28.9 Å². The molecule has 1 aromatic heterocycles. The molecule has 0 saturated carbocycles. The predicted octanol–water partition coefficient (Wildman–Crippen LogP) is 4.78. The van der Waals surface area contributed by atoms with Crippen LogP contribution in [0.4, 0.5) is 5.69 Å². The number of hydrogen-bond acceptors (Lipinski definition) is 4. The molecule has 2 aromatic carbocycles. The second-order valence-electron chi connectivity index (χ2n) is 6.42. The maximum absolute atomic E-state index is 12.7. The van der Waals surface area contributed by atoms with Crippen LogP contribution in [0.5, 0.6) is 0 Å². The van der Waals surface area contributed by atoms with E-state index in [2.05, 4.69) is 10.3 Å². The first-order chi connectivity index (χ1) is 13.4. The monoisotopic (exact) mass is 414 g/mol.